The van der Waals surface area contributed by atoms with Crippen molar-refractivity contribution >= 4 is 22.6 Å². The van der Waals surface area contributed by atoms with Gasteiger partial charge < -0.3 is 19.8 Å². The fourth-order valence-electron chi connectivity index (χ4n) is 7.33. The predicted molar refractivity (Wildman–Crippen MR) is 191 cm³/mol. The van der Waals surface area contributed by atoms with E-state index < -0.39 is 17.7 Å². The maximum absolute atomic E-state index is 13.2. The van der Waals surface area contributed by atoms with Crippen LogP contribution < -0.4 is 0 Å². The van der Waals surface area contributed by atoms with Crippen molar-refractivity contribution in [3.05, 3.63) is 101 Å². The van der Waals surface area contributed by atoms with Crippen LogP contribution in [0.1, 0.15) is 76.0 Å². The lowest BCUT2D eigenvalue weighted by Crippen LogP contribution is -2.62. The molecule has 2 atom stereocenters. The number of aryl methyl sites for hydroxylation is 2. The van der Waals surface area contributed by atoms with Crippen LogP contribution >= 0.6 is 0 Å². The van der Waals surface area contributed by atoms with Gasteiger partial charge in [0.25, 0.3) is 5.91 Å². The normalized spacial score (nSPS) is 18.8. The third kappa shape index (κ3) is 8.54. The van der Waals surface area contributed by atoms with Gasteiger partial charge in [-0.05, 0) is 81.1 Å². The van der Waals surface area contributed by atoms with Gasteiger partial charge in [0.2, 0.25) is 0 Å². The van der Waals surface area contributed by atoms with Crippen molar-refractivity contribution in [1.29, 1.82) is 0 Å². The summed E-state index contributed by atoms with van der Waals surface area (Å²) in [5.41, 5.74) is 2.11. The molecule has 0 bridgehead atoms. The highest BCUT2D eigenvalue weighted by atomic mass is 19.4. The number of likely N-dealkylation sites (tertiary alicyclic amines) is 1. The van der Waals surface area contributed by atoms with Crippen LogP contribution in [0.5, 0.6) is 5.75 Å². The molecule has 0 spiro atoms. The van der Waals surface area contributed by atoms with Gasteiger partial charge in [-0.2, -0.15) is 13.2 Å². The van der Waals surface area contributed by atoms with Gasteiger partial charge in [0.15, 0.2) is 0 Å². The van der Waals surface area contributed by atoms with Gasteiger partial charge in [0, 0.05) is 51.4 Å². The smallest absolute Gasteiger partial charge is 0.416 e. The van der Waals surface area contributed by atoms with Crippen molar-refractivity contribution in [2.75, 3.05) is 46.4 Å². The first-order valence-electron chi connectivity index (χ1n) is 17.3. The molecule has 0 unspecified atom stereocenters. The zero-order chi connectivity index (χ0) is 37.8. The zero-order valence-corrected chi connectivity index (χ0v) is 30.2. The Morgan fingerprint density at radius 2 is 1.56 bits per heavy atom. The van der Waals surface area contributed by atoms with E-state index in [1.54, 1.807) is 25.3 Å². The van der Waals surface area contributed by atoms with E-state index in [1.165, 1.54) is 18.5 Å². The summed E-state index contributed by atoms with van der Waals surface area (Å²) in [6, 6.07) is 15.7. The highest BCUT2D eigenvalue weighted by Gasteiger charge is 2.41. The lowest BCUT2D eigenvalue weighted by atomic mass is 9.86. The Kier molecular flexibility index (Phi) is 11.9. The number of aromatic nitrogens is 2. The number of piperazine rings is 1. The van der Waals surface area contributed by atoms with Crippen LogP contribution in [0.4, 0.5) is 13.2 Å². The third-order valence-corrected chi connectivity index (χ3v) is 10.5. The number of fused-ring (bicyclic) bond motifs is 1. The summed E-state index contributed by atoms with van der Waals surface area (Å²) in [5.74, 6) is -1.32. The number of benzene rings is 3. The molecule has 0 saturated carbocycles. The molecular weight excluding hydrogens is 675 g/mol. The number of carboxylic acids is 1. The number of halogens is 3. The van der Waals surface area contributed by atoms with E-state index in [0.29, 0.717) is 36.6 Å². The number of carbonyl (C=O) groups is 2. The molecular formula is C39H46F3N5O5. The standard InChI is InChI=1S/C28H38F3N5O2.C11H8O3/c1-19-16-35(14-15-36(19)24(17-38-5)22-6-8-23(9-7-22)28(29,30)31)27(4)10-12-34(13-11-27)26(37)25-20(2)32-18-33-21(25)3;12-10-6-8-4-2-1-3-7(8)5-9(10)11(13)14/h6-9,18-19,24H,10-17H2,1-5H3;1-6,12H,(H,13,14)/t19-,24-;/m0./s1. The number of phenols is 1. The van der Waals surface area contributed by atoms with Crippen molar-refractivity contribution in [2.45, 2.75) is 64.3 Å². The number of aromatic hydroxyl groups is 1. The van der Waals surface area contributed by atoms with E-state index in [2.05, 4.69) is 33.6 Å². The minimum Gasteiger partial charge on any atom is -0.507 e. The number of hydrogen-bond acceptors (Lipinski definition) is 8. The van der Waals surface area contributed by atoms with Gasteiger partial charge in [-0.3, -0.25) is 14.6 Å². The zero-order valence-electron chi connectivity index (χ0n) is 30.2. The van der Waals surface area contributed by atoms with Gasteiger partial charge in [-0.15, -0.1) is 0 Å². The molecule has 13 heteroatoms. The Hall–Kier alpha value is -4.59. The Labute approximate surface area is 301 Å². The van der Waals surface area contributed by atoms with Gasteiger partial charge in [0.05, 0.1) is 35.2 Å². The van der Waals surface area contributed by atoms with E-state index in [4.69, 9.17) is 9.84 Å². The van der Waals surface area contributed by atoms with Crippen LogP contribution in [0, 0.1) is 13.8 Å². The maximum atomic E-state index is 13.2. The van der Waals surface area contributed by atoms with Crippen LogP contribution in [0.25, 0.3) is 10.8 Å². The molecule has 278 valence electrons. The fraction of sp³-hybridized carbons (Fsp3) is 0.436. The second-order valence-electron chi connectivity index (χ2n) is 13.9. The molecule has 1 aromatic heterocycles. The molecule has 1 amide bonds. The quantitative estimate of drug-likeness (QED) is 0.214. The summed E-state index contributed by atoms with van der Waals surface area (Å²) in [7, 11) is 1.62. The number of rotatable bonds is 7. The minimum absolute atomic E-state index is 0.000198. The van der Waals surface area contributed by atoms with E-state index in [-0.39, 0.29) is 34.8 Å². The average Bonchev–Trinajstić information content (AvgIpc) is 3.10. The number of piperidine rings is 1. The molecule has 2 saturated heterocycles. The Balaban J connectivity index is 0.000000310. The number of aromatic carboxylic acids is 1. The molecule has 2 aliphatic rings. The van der Waals surface area contributed by atoms with Crippen molar-refractivity contribution in [1.82, 2.24) is 24.7 Å². The fourth-order valence-corrected chi connectivity index (χ4v) is 7.33. The van der Waals surface area contributed by atoms with Crippen molar-refractivity contribution in [2.24, 2.45) is 0 Å². The molecule has 2 fully saturated rings. The predicted octanol–water partition coefficient (Wildman–Crippen LogP) is 6.74. The monoisotopic (exact) mass is 721 g/mol. The maximum Gasteiger partial charge on any atom is 0.416 e. The van der Waals surface area contributed by atoms with Crippen molar-refractivity contribution in [3.63, 3.8) is 0 Å². The summed E-state index contributed by atoms with van der Waals surface area (Å²) in [5, 5.41) is 19.8. The second-order valence-corrected chi connectivity index (χ2v) is 13.9. The summed E-state index contributed by atoms with van der Waals surface area (Å²) >= 11 is 0. The van der Waals surface area contributed by atoms with Crippen LogP contribution in [0.3, 0.4) is 0 Å². The van der Waals surface area contributed by atoms with E-state index in [9.17, 15) is 27.9 Å². The number of hydrogen-bond donors (Lipinski definition) is 2. The van der Waals surface area contributed by atoms with Crippen molar-refractivity contribution in [3.8, 4) is 5.75 Å². The van der Waals surface area contributed by atoms with Crippen LogP contribution in [0.2, 0.25) is 0 Å². The Morgan fingerprint density at radius 1 is 0.962 bits per heavy atom. The summed E-state index contributed by atoms with van der Waals surface area (Å²) in [6.07, 6.45) is -1.12. The van der Waals surface area contributed by atoms with Crippen LogP contribution in [-0.4, -0.2) is 105 Å². The summed E-state index contributed by atoms with van der Waals surface area (Å²) in [4.78, 5) is 39.1. The van der Waals surface area contributed by atoms with Crippen LogP contribution in [-0.2, 0) is 10.9 Å². The molecule has 2 N–H and O–H groups in total. The molecule has 10 nitrogen and oxygen atoms in total. The summed E-state index contributed by atoms with van der Waals surface area (Å²) in [6.45, 7) is 12.4. The summed E-state index contributed by atoms with van der Waals surface area (Å²) < 4.78 is 44.7. The van der Waals surface area contributed by atoms with E-state index in [1.807, 2.05) is 36.9 Å². The Bertz CT molecular complexity index is 1860. The number of carbonyl (C=O) groups excluding carboxylic acids is 1. The highest BCUT2D eigenvalue weighted by Crippen LogP contribution is 2.35. The largest absolute Gasteiger partial charge is 0.507 e. The van der Waals surface area contributed by atoms with Gasteiger partial charge >= 0.3 is 12.1 Å². The van der Waals surface area contributed by atoms with Gasteiger partial charge in [-0.1, -0.05) is 36.4 Å². The number of amides is 1. The first kappa shape index (κ1) is 38.6. The molecule has 0 aliphatic carbocycles. The lowest BCUT2D eigenvalue weighted by Gasteiger charge is -2.52. The Morgan fingerprint density at radius 3 is 2.10 bits per heavy atom. The second kappa shape index (κ2) is 16.0. The topological polar surface area (TPSA) is 119 Å². The van der Waals surface area contributed by atoms with Crippen LogP contribution in [0.15, 0.2) is 67.0 Å². The molecule has 6 rings (SSSR count). The molecule has 52 heavy (non-hydrogen) atoms. The number of alkyl halides is 3. The van der Waals surface area contributed by atoms with E-state index >= 15 is 0 Å². The van der Waals surface area contributed by atoms with Crippen molar-refractivity contribution < 1.29 is 37.7 Å². The van der Waals surface area contributed by atoms with Gasteiger partial charge in [-0.25, -0.2) is 14.8 Å². The molecule has 4 aromatic rings. The first-order valence-corrected chi connectivity index (χ1v) is 17.3. The molecule has 0 radical (unpaired) electrons. The average molecular weight is 722 g/mol. The molecule has 3 heterocycles. The number of nitrogens with zero attached hydrogens (tertiary/aromatic N) is 5. The highest BCUT2D eigenvalue weighted by molar-refractivity contribution is 5.97. The number of methoxy groups -OCH3 is 1. The van der Waals surface area contributed by atoms with E-state index in [0.717, 1.165) is 60.9 Å². The third-order valence-electron chi connectivity index (χ3n) is 10.5. The minimum atomic E-state index is -4.35. The number of carboxylic acid groups (broad SMARTS) is 1. The first-order chi connectivity index (χ1) is 24.6. The van der Waals surface area contributed by atoms with Gasteiger partial charge in [0.1, 0.15) is 17.6 Å². The molecule has 3 aromatic carbocycles. The molecule has 2 aliphatic heterocycles. The number of ether oxygens (including phenoxy) is 1. The SMILES string of the molecule is COC[C@@H](c1ccc(C(F)(F)F)cc1)N1CCN(C2(C)CCN(C(=O)c3c(C)ncnc3C)CC2)C[C@@H]1C.O=C(O)c1cc2ccccc2cc1O. The lowest BCUT2D eigenvalue weighted by molar-refractivity contribution is -0.137.